The molecule has 12 heteroatoms. The summed E-state index contributed by atoms with van der Waals surface area (Å²) in [5.41, 5.74) is 0.0869. The van der Waals surface area contributed by atoms with Gasteiger partial charge in [0.1, 0.15) is 5.69 Å². The highest BCUT2D eigenvalue weighted by atomic mass is 32.2. The van der Waals surface area contributed by atoms with Crippen molar-refractivity contribution in [2.75, 3.05) is 26.0 Å². The Morgan fingerprint density at radius 3 is 2.50 bits per heavy atom. The van der Waals surface area contributed by atoms with Crippen LogP contribution in [0.25, 0.3) is 0 Å². The molecule has 172 valence electrons. The van der Waals surface area contributed by atoms with Gasteiger partial charge in [-0.25, -0.2) is 19.7 Å². The van der Waals surface area contributed by atoms with Crippen LogP contribution in [0.5, 0.6) is 5.88 Å². The fourth-order valence-corrected chi connectivity index (χ4v) is 3.93. The van der Waals surface area contributed by atoms with E-state index in [0.717, 1.165) is 12.1 Å². The molecule has 1 fully saturated rings. The van der Waals surface area contributed by atoms with Crippen molar-refractivity contribution < 1.29 is 32.6 Å². The number of hydrogen-bond acceptors (Lipinski definition) is 7. The van der Waals surface area contributed by atoms with Gasteiger partial charge in [0.2, 0.25) is 11.7 Å². The maximum absolute atomic E-state index is 13.0. The lowest BCUT2D eigenvalue weighted by molar-refractivity contribution is -0.141. The fraction of sp³-hybridized carbons (Fsp3) is 0.450. The number of Topliss-reactive ketones (excluding diaryl/α,β-unsaturated/α-hetero) is 1. The molecule has 1 saturated heterocycles. The third-order valence-electron chi connectivity index (χ3n) is 5.08. The lowest BCUT2D eigenvalue weighted by atomic mass is 9.89. The number of piperidine rings is 1. The second kappa shape index (κ2) is 9.72. The minimum absolute atomic E-state index is 0.149. The van der Waals surface area contributed by atoms with E-state index < -0.39 is 30.4 Å². The first-order chi connectivity index (χ1) is 15.1. The highest BCUT2D eigenvalue weighted by Gasteiger charge is 2.33. The fourth-order valence-electron chi connectivity index (χ4n) is 3.51. The summed E-state index contributed by atoms with van der Waals surface area (Å²) in [6, 6.07) is 3.21. The minimum atomic E-state index is -4.63. The number of carbonyl (C=O) groups is 2. The van der Waals surface area contributed by atoms with Crippen LogP contribution in [0.3, 0.4) is 0 Å². The number of likely N-dealkylation sites (tertiary alicyclic amines) is 1. The predicted octanol–water partition coefficient (Wildman–Crippen LogP) is 4.04. The average molecular weight is 470 g/mol. The highest BCUT2D eigenvalue weighted by molar-refractivity contribution is 7.98. The topological polar surface area (TPSA) is 106 Å². The van der Waals surface area contributed by atoms with E-state index in [1.165, 1.54) is 22.7 Å². The van der Waals surface area contributed by atoms with Crippen LogP contribution in [0.4, 0.5) is 18.0 Å². The molecule has 0 aromatic carbocycles. The Morgan fingerprint density at radius 2 is 1.91 bits per heavy atom. The summed E-state index contributed by atoms with van der Waals surface area (Å²) in [7, 11) is 0. The summed E-state index contributed by atoms with van der Waals surface area (Å²) in [5, 5.41) is 9.64. The quantitative estimate of drug-likeness (QED) is 0.383. The zero-order valence-corrected chi connectivity index (χ0v) is 18.2. The Labute approximate surface area is 186 Å². The van der Waals surface area contributed by atoms with Gasteiger partial charge in [0.15, 0.2) is 11.8 Å². The van der Waals surface area contributed by atoms with Crippen LogP contribution in [-0.4, -0.2) is 62.8 Å². The second-order valence-electron chi connectivity index (χ2n) is 7.17. The maximum atomic E-state index is 13.0. The number of rotatable bonds is 6. The molecule has 1 aliphatic rings. The van der Waals surface area contributed by atoms with Crippen LogP contribution in [-0.2, 0) is 6.18 Å². The molecule has 2 aromatic rings. The molecule has 0 radical (unpaired) electrons. The Bertz CT molecular complexity index is 1010. The molecule has 3 rings (SSSR count). The standard InChI is InChI=1S/C20H21F3N4O4S/c1-11-16(13(28)10-31-15-5-3-4-14(25-15)20(21,22)23)17(26-18(24-11)32-2)12-6-8-27(9-7-12)19(29)30/h3-5,12H,6-10H2,1-2H3,(H,29,30). The van der Waals surface area contributed by atoms with Crippen molar-refractivity contribution in [3.05, 3.63) is 40.8 Å². The van der Waals surface area contributed by atoms with Crippen molar-refractivity contribution in [3.63, 3.8) is 0 Å². The van der Waals surface area contributed by atoms with Crippen LogP contribution in [0, 0.1) is 6.92 Å². The van der Waals surface area contributed by atoms with Crippen molar-refractivity contribution >= 4 is 23.6 Å². The zero-order valence-electron chi connectivity index (χ0n) is 17.3. The van der Waals surface area contributed by atoms with Gasteiger partial charge in [0, 0.05) is 25.1 Å². The van der Waals surface area contributed by atoms with E-state index in [4.69, 9.17) is 9.84 Å². The van der Waals surface area contributed by atoms with E-state index in [0.29, 0.717) is 42.5 Å². The smallest absolute Gasteiger partial charge is 0.433 e. The third kappa shape index (κ3) is 5.47. The molecule has 3 heterocycles. The van der Waals surface area contributed by atoms with Crippen LogP contribution in [0.15, 0.2) is 23.4 Å². The van der Waals surface area contributed by atoms with Crippen LogP contribution in [0.1, 0.15) is 46.2 Å². The summed E-state index contributed by atoms with van der Waals surface area (Å²) in [6.07, 6.45) is -2.83. The van der Waals surface area contributed by atoms with Crippen molar-refractivity contribution in [1.82, 2.24) is 19.9 Å². The number of hydrogen-bond donors (Lipinski definition) is 1. The molecule has 1 N–H and O–H groups in total. The minimum Gasteiger partial charge on any atom is -0.469 e. The van der Waals surface area contributed by atoms with Gasteiger partial charge in [-0.3, -0.25) is 4.79 Å². The van der Waals surface area contributed by atoms with Gasteiger partial charge >= 0.3 is 12.3 Å². The molecule has 0 spiro atoms. The number of ketones is 1. The summed E-state index contributed by atoms with van der Waals surface area (Å²) in [4.78, 5) is 37.7. The number of aryl methyl sites for hydroxylation is 1. The largest absolute Gasteiger partial charge is 0.469 e. The van der Waals surface area contributed by atoms with E-state index in [9.17, 15) is 22.8 Å². The first-order valence-corrected chi connectivity index (χ1v) is 10.9. The number of nitrogens with zero attached hydrogens (tertiary/aromatic N) is 4. The van der Waals surface area contributed by atoms with Gasteiger partial charge in [0.05, 0.1) is 17.0 Å². The predicted molar refractivity (Wildman–Crippen MR) is 109 cm³/mol. The summed E-state index contributed by atoms with van der Waals surface area (Å²) in [6.45, 7) is 1.76. The number of pyridine rings is 1. The number of aromatic nitrogens is 3. The molecule has 1 amide bonds. The van der Waals surface area contributed by atoms with E-state index in [-0.39, 0.29) is 17.4 Å². The molecule has 0 saturated carbocycles. The number of ether oxygens (including phenoxy) is 1. The van der Waals surface area contributed by atoms with Crippen LogP contribution in [0.2, 0.25) is 0 Å². The summed E-state index contributed by atoms with van der Waals surface area (Å²) < 4.78 is 43.8. The molecule has 2 aromatic heterocycles. The third-order valence-corrected chi connectivity index (χ3v) is 5.62. The second-order valence-corrected chi connectivity index (χ2v) is 7.94. The van der Waals surface area contributed by atoms with Gasteiger partial charge < -0.3 is 14.7 Å². The number of amides is 1. The van der Waals surface area contributed by atoms with Gasteiger partial charge in [-0.15, -0.1) is 0 Å². The highest BCUT2D eigenvalue weighted by Crippen LogP contribution is 2.32. The SMILES string of the molecule is CSc1nc(C)c(C(=O)COc2cccc(C(F)(F)F)n2)c(C2CCN(C(=O)O)CC2)n1. The molecule has 0 aliphatic carbocycles. The molecule has 0 bridgehead atoms. The number of carboxylic acid groups (broad SMARTS) is 1. The lowest BCUT2D eigenvalue weighted by Crippen LogP contribution is -2.37. The molecule has 8 nitrogen and oxygen atoms in total. The van der Waals surface area contributed by atoms with Crippen molar-refractivity contribution in [2.45, 2.75) is 37.0 Å². The Balaban J connectivity index is 1.82. The van der Waals surface area contributed by atoms with Crippen molar-refractivity contribution in [2.24, 2.45) is 0 Å². The molecule has 0 atom stereocenters. The van der Waals surface area contributed by atoms with Gasteiger partial charge in [-0.2, -0.15) is 13.2 Å². The normalized spacial score (nSPS) is 15.0. The average Bonchev–Trinajstić information content (AvgIpc) is 2.76. The van der Waals surface area contributed by atoms with Crippen LogP contribution < -0.4 is 4.74 Å². The number of carbonyl (C=O) groups excluding carboxylic acids is 1. The Hall–Kier alpha value is -2.89. The first kappa shape index (κ1) is 23.8. The Kier molecular flexibility index (Phi) is 7.22. The molecule has 32 heavy (non-hydrogen) atoms. The van der Waals surface area contributed by atoms with E-state index in [1.807, 2.05) is 0 Å². The van der Waals surface area contributed by atoms with Crippen LogP contribution >= 0.6 is 11.8 Å². The maximum Gasteiger partial charge on any atom is 0.433 e. The van der Waals surface area contributed by atoms with Crippen molar-refractivity contribution in [3.8, 4) is 5.88 Å². The molecular formula is C20H21F3N4O4S. The summed E-state index contributed by atoms with van der Waals surface area (Å²) in [5.74, 6) is -0.947. The number of halogens is 3. The van der Waals surface area contributed by atoms with Gasteiger partial charge in [-0.1, -0.05) is 17.8 Å². The zero-order chi connectivity index (χ0) is 23.5. The van der Waals surface area contributed by atoms with E-state index in [1.54, 1.807) is 13.2 Å². The molecular weight excluding hydrogens is 449 g/mol. The first-order valence-electron chi connectivity index (χ1n) is 9.70. The molecule has 1 aliphatic heterocycles. The van der Waals surface area contributed by atoms with Crippen molar-refractivity contribution in [1.29, 1.82) is 0 Å². The summed E-state index contributed by atoms with van der Waals surface area (Å²) >= 11 is 1.32. The number of thioether (sulfide) groups is 1. The van der Waals surface area contributed by atoms with E-state index in [2.05, 4.69) is 15.0 Å². The monoisotopic (exact) mass is 470 g/mol. The van der Waals surface area contributed by atoms with Gasteiger partial charge in [-0.05, 0) is 32.1 Å². The van der Waals surface area contributed by atoms with Gasteiger partial charge in [0.25, 0.3) is 0 Å². The van der Waals surface area contributed by atoms with E-state index >= 15 is 0 Å². The lowest BCUT2D eigenvalue weighted by Gasteiger charge is -2.30. The molecule has 0 unspecified atom stereocenters. The number of alkyl halides is 3. The Morgan fingerprint density at radius 1 is 1.22 bits per heavy atom.